The number of hydrogen-bond donors (Lipinski definition) is 6. The molecule has 36 heteroatoms. The summed E-state index contributed by atoms with van der Waals surface area (Å²) in [5.41, 5.74) is 29.2. The second kappa shape index (κ2) is 43.5. The number of nitrogens with two attached hydrogens (primary N) is 3. The Morgan fingerprint density at radius 3 is 2.23 bits per heavy atom. The number of ether oxygens (including phenoxy) is 6. The van der Waals surface area contributed by atoms with Gasteiger partial charge >= 0.3 is 12.1 Å². The third kappa shape index (κ3) is 23.0. The van der Waals surface area contributed by atoms with Gasteiger partial charge in [-0.3, -0.25) is 28.9 Å². The molecule has 0 spiro atoms. The first-order valence-corrected chi connectivity index (χ1v) is 47.2. The second-order valence-electron chi connectivity index (χ2n) is 37.4. The smallest absolute Gasteiger partial charge is 0.410 e. The summed E-state index contributed by atoms with van der Waals surface area (Å²) < 4.78 is 44.2. The number of nitrogen functional groups attached to an aromatic ring is 2. The predicted molar refractivity (Wildman–Crippen MR) is 495 cm³/mol. The van der Waals surface area contributed by atoms with Crippen LogP contribution in [0.4, 0.5) is 28.5 Å². The van der Waals surface area contributed by atoms with Gasteiger partial charge in [0.2, 0.25) is 23.6 Å². The Hall–Kier alpha value is -11.1. The molecule has 2 bridgehead atoms. The van der Waals surface area contributed by atoms with Crippen LogP contribution in [0.1, 0.15) is 170 Å². The molecule has 0 unspecified atom stereocenters. The number of oxazole rings is 1. The summed E-state index contributed by atoms with van der Waals surface area (Å²) >= 11 is 0. The summed E-state index contributed by atoms with van der Waals surface area (Å²) in [5.74, 6) is -6.17. The van der Waals surface area contributed by atoms with Gasteiger partial charge in [0, 0.05) is 160 Å². The molecule has 15 atom stereocenters. The molecular weight excluding hydrogens is 1700 g/mol. The predicted octanol–water partition coefficient (Wildman–Crippen LogP) is 8.06. The van der Waals surface area contributed by atoms with Gasteiger partial charge in [-0.15, -0.1) is 0 Å². The first-order chi connectivity index (χ1) is 64.1. The van der Waals surface area contributed by atoms with Gasteiger partial charge in [-0.2, -0.15) is 10.1 Å². The molecule has 36 nitrogen and oxygen atoms in total. The number of fused-ring (bicyclic) bond motifs is 7. The number of allylic oxidation sites excluding steroid dienone is 6. The molecule has 5 fully saturated rings. The second-order valence-corrected chi connectivity index (χ2v) is 37.4. The fourth-order valence-electron chi connectivity index (χ4n) is 20.0. The lowest BCUT2D eigenvalue weighted by molar-refractivity contribution is -0.265. The molecule has 714 valence electrons. The van der Waals surface area contributed by atoms with Crippen molar-refractivity contribution in [3.63, 3.8) is 0 Å². The van der Waals surface area contributed by atoms with Gasteiger partial charge in [0.05, 0.1) is 67.7 Å². The molecule has 4 amide bonds. The van der Waals surface area contributed by atoms with Crippen LogP contribution in [0.2, 0.25) is 0 Å². The largest absolute Gasteiger partial charge is 0.459 e. The maximum atomic E-state index is 14.8. The van der Waals surface area contributed by atoms with E-state index in [1.54, 1.807) is 70.6 Å². The number of ketones is 2. The number of cyclic esters (lactones) is 1. The Balaban J connectivity index is 0.478. The van der Waals surface area contributed by atoms with Crippen molar-refractivity contribution >= 4 is 87.2 Å². The minimum Gasteiger partial charge on any atom is -0.459 e. The van der Waals surface area contributed by atoms with Crippen LogP contribution in [0.3, 0.4) is 0 Å². The Bertz CT molecular complexity index is 5440. The lowest BCUT2D eigenvalue weighted by Gasteiger charge is -2.42. The Kier molecular flexibility index (Phi) is 31.6. The number of aliphatic hydroxyl groups is 3. The first-order valence-electron chi connectivity index (χ1n) is 47.2. The lowest BCUT2D eigenvalue weighted by Crippen LogP contribution is -2.61. The first kappa shape index (κ1) is 96.5. The molecule has 0 radical (unpaired) electrons. The number of Topliss-reactive ketones (excluding diaryl/α,β-unsaturated/α-hetero) is 2. The van der Waals surface area contributed by atoms with Crippen LogP contribution in [-0.4, -0.2) is 292 Å². The number of nitrogens with zero attached hydrogens (tertiary/aromatic N) is 16. The molecular formula is C97H129N19O17. The highest BCUT2D eigenvalue weighted by Crippen LogP contribution is 2.40. The number of anilines is 4. The molecule has 7 aromatic rings. The normalized spacial score (nSPS) is 28.3. The van der Waals surface area contributed by atoms with Crippen molar-refractivity contribution < 1.29 is 81.7 Å². The molecule has 1 aliphatic carbocycles. The zero-order chi connectivity index (χ0) is 93.9. The number of piperidine rings is 1. The van der Waals surface area contributed by atoms with E-state index in [4.69, 9.17) is 65.1 Å². The number of amides is 4. The highest BCUT2D eigenvalue weighted by atomic mass is 16.6. The van der Waals surface area contributed by atoms with Gasteiger partial charge < -0.3 is 94.8 Å². The minimum absolute atomic E-state index is 0.0274. The maximum absolute atomic E-state index is 14.8. The van der Waals surface area contributed by atoms with Crippen molar-refractivity contribution in [3.8, 4) is 11.3 Å². The molecule has 133 heavy (non-hydrogen) atoms. The Morgan fingerprint density at radius 1 is 0.684 bits per heavy atom. The number of benzene rings is 2. The molecule has 2 aromatic carbocycles. The van der Waals surface area contributed by atoms with Gasteiger partial charge in [-0.05, 0) is 161 Å². The average molecular weight is 1830 g/mol. The van der Waals surface area contributed by atoms with E-state index in [-0.39, 0.29) is 74.4 Å². The summed E-state index contributed by atoms with van der Waals surface area (Å²) in [6.07, 6.45) is 17.9. The molecule has 15 rings (SSSR count). The summed E-state index contributed by atoms with van der Waals surface area (Å²) in [6, 6.07) is 10.00. The van der Waals surface area contributed by atoms with Crippen LogP contribution >= 0.6 is 0 Å². The Labute approximate surface area is 775 Å². The van der Waals surface area contributed by atoms with Crippen molar-refractivity contribution in [1.29, 1.82) is 0 Å². The van der Waals surface area contributed by atoms with Crippen LogP contribution in [-0.2, 0) is 84.9 Å². The van der Waals surface area contributed by atoms with E-state index in [9.17, 15) is 48.9 Å². The molecule has 9 N–H and O–H groups in total. The highest BCUT2D eigenvalue weighted by molar-refractivity contribution is 6.39. The zero-order valence-corrected chi connectivity index (χ0v) is 77.6. The van der Waals surface area contributed by atoms with Crippen LogP contribution in [0.5, 0.6) is 0 Å². The average Bonchev–Trinajstić information content (AvgIpc) is 1.68. The van der Waals surface area contributed by atoms with E-state index < -0.39 is 102 Å². The zero-order valence-electron chi connectivity index (χ0n) is 77.6. The molecule has 1 saturated carbocycles. The van der Waals surface area contributed by atoms with Gasteiger partial charge in [0.1, 0.15) is 53.8 Å². The van der Waals surface area contributed by atoms with Gasteiger partial charge in [0.25, 0.3) is 23.6 Å². The SMILES string of the molecule is CO[C@H]1C[C@@H]2CC[C@@H](C)[C@@](O)(O2)C(=O)C(=O)N2CCCC[C@H]2C(=O)O[C@H]([C@H](N)C[C@@H]2CC[C@@H](OC(=O)N3CCc4nc(N5CCN(C(=O)CCOCCN6CCN(c7ncc(C(=O)N8CCc9cc(Cn%10nc(-c%11ccc%12oc(N)nc%12c%11)c%11c(N)ncnc%11%10)ccc9C8)cn7)CC6)CC5)ncc4C3)[C@H](OC)C2)CC[C@H](C)/C=C(\C)[C@@H](O)[C@@H](O)C(=O)[C@H](C)C[C@H](C)/C=C/C=C/C=C/1C. The van der Waals surface area contributed by atoms with Crippen molar-refractivity contribution in [2.75, 3.05) is 127 Å². The summed E-state index contributed by atoms with van der Waals surface area (Å²) in [5, 5.41) is 40.5. The van der Waals surface area contributed by atoms with Crippen LogP contribution in [0, 0.1) is 29.6 Å². The number of methoxy groups -OCH3 is 2. The molecule has 7 aliphatic heterocycles. The van der Waals surface area contributed by atoms with Gasteiger partial charge in [-0.1, -0.05) is 82.4 Å². The number of carbonyl (C=O) groups is 7. The number of hydrogen-bond acceptors (Lipinski definition) is 31. The summed E-state index contributed by atoms with van der Waals surface area (Å²) in [4.78, 5) is 144. The number of piperazine rings is 2. The third-order valence-electron chi connectivity index (χ3n) is 28.0. The van der Waals surface area contributed by atoms with Gasteiger partial charge in [0.15, 0.2) is 17.0 Å². The van der Waals surface area contributed by atoms with E-state index in [2.05, 4.69) is 57.8 Å². The quantitative estimate of drug-likeness (QED) is 0.0205. The van der Waals surface area contributed by atoms with Crippen LogP contribution in [0.25, 0.3) is 33.4 Å². The lowest BCUT2D eigenvalue weighted by atomic mass is 9.80. The Morgan fingerprint density at radius 2 is 1.44 bits per heavy atom. The van der Waals surface area contributed by atoms with Crippen LogP contribution < -0.4 is 27.0 Å². The minimum atomic E-state index is -2.47. The molecule has 8 aliphatic rings. The number of esters is 1. The van der Waals surface area contributed by atoms with E-state index in [0.717, 1.165) is 52.2 Å². The number of rotatable bonds is 18. The number of aliphatic hydroxyl groups excluding tert-OH is 2. The van der Waals surface area contributed by atoms with E-state index in [1.807, 2.05) is 77.8 Å². The van der Waals surface area contributed by atoms with Gasteiger partial charge in [-0.25, -0.2) is 44.2 Å². The summed E-state index contributed by atoms with van der Waals surface area (Å²) in [7, 11) is 3.15. The van der Waals surface area contributed by atoms with Crippen molar-refractivity contribution in [3.05, 3.63) is 142 Å². The van der Waals surface area contributed by atoms with Crippen molar-refractivity contribution in [2.24, 2.45) is 35.3 Å². The number of aromatic nitrogens is 9. The summed E-state index contributed by atoms with van der Waals surface area (Å²) in [6.45, 7) is 19.6. The maximum Gasteiger partial charge on any atom is 0.410 e. The highest BCUT2D eigenvalue weighted by Gasteiger charge is 2.54. The van der Waals surface area contributed by atoms with Crippen molar-refractivity contribution in [2.45, 2.75) is 225 Å². The topological polar surface area (TPSA) is 457 Å². The fourth-order valence-corrected chi connectivity index (χ4v) is 20.0. The fraction of sp³-hybridized carbons (Fsp3) is 0.577. The third-order valence-corrected chi connectivity index (χ3v) is 28.0. The van der Waals surface area contributed by atoms with E-state index in [0.29, 0.717) is 219 Å². The van der Waals surface area contributed by atoms with Crippen molar-refractivity contribution in [1.82, 2.24) is 69.2 Å². The monoisotopic (exact) mass is 1830 g/mol. The molecule has 5 aromatic heterocycles. The molecule has 4 saturated heterocycles. The van der Waals surface area contributed by atoms with E-state index >= 15 is 0 Å². The number of carbonyl (C=O) groups excluding carboxylic acids is 7. The molecule has 12 heterocycles. The van der Waals surface area contributed by atoms with Crippen LogP contribution in [0.15, 0.2) is 113 Å². The van der Waals surface area contributed by atoms with E-state index in [1.165, 1.54) is 11.2 Å². The standard InChI is InChI=1S/C97H129N19O17/c1-58-14-10-9-11-15-60(3)79(127-7)50-71-23-18-63(6)97(126,133-71)87(121)91(123)115-30-13-12-16-75(115)92(124)130-76(24-17-59(2)45-62(5)85(119)86(120)84(118)61(4)44-58)72(98)47-64-20-25-78(80(48-64)128-8)132-96(125)114-32-28-73-70(56-114)53-103-95(107-73)112-39-37-110(38-40-112)81(117)29-42-129-43-41-109-33-35-111(36-34-109)94-101-51-69(52-102-94)90(122)113-31-27-66-46-65(19-21-68(66)55-113)54-116-89-82(88(99)104-57-105-89)83(108-116)67-22-26-77-74(49-67)106-93(100)131-77/h9-11,14-15,19,21-22,26,45-46,49,51-53,57-59,61,63-64,71-72,75-76,78-80,85-86,119-120,126H,12-13,16-18,20,23-25,27-44,47-48,50,54-56,98H2,1-8H3,(H2,100,106)(H2,99,104,105)/b11-9+,14-10+,60-15+,62-45+/t58-,59+,61-,63-,64+,71+,72-,75+,76+,78-,79+,80-,85-,86+,97-/m1/s1.